The van der Waals surface area contributed by atoms with Crippen LogP contribution in [0.4, 0.5) is 0 Å². The normalized spacial score (nSPS) is 16.3. The predicted molar refractivity (Wildman–Crippen MR) is 84.9 cm³/mol. The third-order valence-corrected chi connectivity index (χ3v) is 4.89. The van der Waals surface area contributed by atoms with Gasteiger partial charge in [0.05, 0.1) is 0 Å². The number of hydrogen-bond donors (Lipinski definition) is 1. The first-order valence-electron chi connectivity index (χ1n) is 7.45. The lowest BCUT2D eigenvalue weighted by molar-refractivity contribution is 0.246. The van der Waals surface area contributed by atoms with Crippen molar-refractivity contribution in [2.75, 3.05) is 32.4 Å². The standard InChI is InChI=1S/C16H26N2S/c1-18(15-7-5-6-8-15)13-11-17-12-14-19-16-9-3-2-4-10-16/h2-4,9-10,15,17H,5-8,11-14H2,1H3. The van der Waals surface area contributed by atoms with E-state index in [-0.39, 0.29) is 0 Å². The highest BCUT2D eigenvalue weighted by molar-refractivity contribution is 7.99. The van der Waals surface area contributed by atoms with E-state index in [1.165, 1.54) is 37.1 Å². The molecule has 0 saturated heterocycles. The summed E-state index contributed by atoms with van der Waals surface area (Å²) in [5, 5.41) is 3.55. The van der Waals surface area contributed by atoms with Gasteiger partial charge in [-0.05, 0) is 32.0 Å². The number of benzene rings is 1. The van der Waals surface area contributed by atoms with Gasteiger partial charge in [0.1, 0.15) is 0 Å². The summed E-state index contributed by atoms with van der Waals surface area (Å²) in [4.78, 5) is 3.90. The molecule has 0 aliphatic heterocycles. The Morgan fingerprint density at radius 3 is 2.63 bits per heavy atom. The van der Waals surface area contributed by atoms with Crippen molar-refractivity contribution in [3.8, 4) is 0 Å². The van der Waals surface area contributed by atoms with E-state index < -0.39 is 0 Å². The molecule has 1 aromatic carbocycles. The molecule has 0 heterocycles. The number of nitrogens with one attached hydrogen (secondary N) is 1. The van der Waals surface area contributed by atoms with Crippen molar-refractivity contribution in [1.29, 1.82) is 0 Å². The van der Waals surface area contributed by atoms with E-state index in [1.54, 1.807) is 0 Å². The number of rotatable bonds is 8. The largest absolute Gasteiger partial charge is 0.315 e. The second kappa shape index (κ2) is 8.62. The minimum atomic E-state index is 0.848. The highest BCUT2D eigenvalue weighted by Crippen LogP contribution is 2.21. The molecule has 1 aliphatic carbocycles. The summed E-state index contributed by atoms with van der Waals surface area (Å²) in [7, 11) is 2.27. The molecule has 0 aromatic heterocycles. The van der Waals surface area contributed by atoms with Crippen LogP contribution in [0.3, 0.4) is 0 Å². The third-order valence-electron chi connectivity index (χ3n) is 3.88. The van der Waals surface area contributed by atoms with Crippen LogP contribution < -0.4 is 5.32 Å². The molecule has 2 rings (SSSR count). The maximum Gasteiger partial charge on any atom is 0.0107 e. The second-order valence-corrected chi connectivity index (χ2v) is 6.50. The smallest absolute Gasteiger partial charge is 0.0107 e. The van der Waals surface area contributed by atoms with Gasteiger partial charge in [-0.15, -0.1) is 11.8 Å². The molecule has 3 heteroatoms. The van der Waals surface area contributed by atoms with E-state index in [4.69, 9.17) is 0 Å². The van der Waals surface area contributed by atoms with E-state index in [1.807, 2.05) is 11.8 Å². The Morgan fingerprint density at radius 1 is 1.16 bits per heavy atom. The van der Waals surface area contributed by atoms with Gasteiger partial charge in [-0.2, -0.15) is 0 Å². The molecular formula is C16H26N2S. The number of nitrogens with zero attached hydrogens (tertiary/aromatic N) is 1. The van der Waals surface area contributed by atoms with Crippen LogP contribution in [-0.4, -0.2) is 43.4 Å². The lowest BCUT2D eigenvalue weighted by atomic mass is 10.2. The van der Waals surface area contributed by atoms with Gasteiger partial charge in [0, 0.05) is 36.3 Å². The summed E-state index contributed by atoms with van der Waals surface area (Å²) < 4.78 is 0. The van der Waals surface area contributed by atoms with Crippen molar-refractivity contribution in [3.63, 3.8) is 0 Å². The summed E-state index contributed by atoms with van der Waals surface area (Å²) in [6.45, 7) is 3.39. The Kier molecular flexibility index (Phi) is 6.75. The second-order valence-electron chi connectivity index (χ2n) is 5.33. The summed E-state index contributed by atoms with van der Waals surface area (Å²) in [5.74, 6) is 1.15. The molecule has 0 radical (unpaired) electrons. The van der Waals surface area contributed by atoms with Gasteiger partial charge in [0.2, 0.25) is 0 Å². The van der Waals surface area contributed by atoms with E-state index in [0.717, 1.165) is 24.9 Å². The van der Waals surface area contributed by atoms with Gasteiger partial charge < -0.3 is 10.2 Å². The summed E-state index contributed by atoms with van der Waals surface area (Å²) in [6.07, 6.45) is 5.66. The lowest BCUT2D eigenvalue weighted by Crippen LogP contribution is -2.36. The summed E-state index contributed by atoms with van der Waals surface area (Å²) in [5.41, 5.74) is 0. The Bertz CT molecular complexity index is 336. The molecule has 0 bridgehead atoms. The van der Waals surface area contributed by atoms with Gasteiger partial charge in [0.15, 0.2) is 0 Å². The maximum atomic E-state index is 3.55. The van der Waals surface area contributed by atoms with Gasteiger partial charge >= 0.3 is 0 Å². The fourth-order valence-electron chi connectivity index (χ4n) is 2.67. The van der Waals surface area contributed by atoms with E-state index in [9.17, 15) is 0 Å². The van der Waals surface area contributed by atoms with Crippen molar-refractivity contribution in [1.82, 2.24) is 10.2 Å². The molecule has 106 valence electrons. The molecule has 0 atom stereocenters. The van der Waals surface area contributed by atoms with Crippen molar-refractivity contribution >= 4 is 11.8 Å². The van der Waals surface area contributed by atoms with Gasteiger partial charge in [-0.25, -0.2) is 0 Å². The molecule has 1 fully saturated rings. The molecule has 1 N–H and O–H groups in total. The molecule has 0 unspecified atom stereocenters. The SMILES string of the molecule is CN(CCNCCSc1ccccc1)C1CCCC1. The van der Waals surface area contributed by atoms with Crippen LogP contribution in [0, 0.1) is 0 Å². The first-order valence-corrected chi connectivity index (χ1v) is 8.43. The average Bonchev–Trinajstić information content (AvgIpc) is 2.98. The molecule has 1 saturated carbocycles. The first-order chi connectivity index (χ1) is 9.36. The molecule has 1 aliphatic rings. The monoisotopic (exact) mass is 278 g/mol. The van der Waals surface area contributed by atoms with Crippen molar-refractivity contribution in [2.45, 2.75) is 36.6 Å². The third kappa shape index (κ3) is 5.55. The highest BCUT2D eigenvalue weighted by Gasteiger charge is 2.18. The maximum absolute atomic E-state index is 3.55. The van der Waals surface area contributed by atoms with Gasteiger partial charge in [-0.1, -0.05) is 31.0 Å². The fourth-order valence-corrected chi connectivity index (χ4v) is 3.50. The zero-order valence-corrected chi connectivity index (χ0v) is 12.8. The van der Waals surface area contributed by atoms with Crippen molar-refractivity contribution in [2.24, 2.45) is 0 Å². The van der Waals surface area contributed by atoms with Gasteiger partial charge in [-0.3, -0.25) is 0 Å². The fraction of sp³-hybridized carbons (Fsp3) is 0.625. The van der Waals surface area contributed by atoms with E-state index >= 15 is 0 Å². The molecule has 0 amide bonds. The topological polar surface area (TPSA) is 15.3 Å². The Balaban J connectivity index is 1.48. The van der Waals surface area contributed by atoms with Crippen molar-refractivity contribution < 1.29 is 0 Å². The molecule has 2 nitrogen and oxygen atoms in total. The van der Waals surface area contributed by atoms with E-state index in [0.29, 0.717) is 0 Å². The van der Waals surface area contributed by atoms with Crippen LogP contribution in [0.5, 0.6) is 0 Å². The molecule has 1 aromatic rings. The Morgan fingerprint density at radius 2 is 1.89 bits per heavy atom. The summed E-state index contributed by atoms with van der Waals surface area (Å²) >= 11 is 1.93. The minimum Gasteiger partial charge on any atom is -0.315 e. The van der Waals surface area contributed by atoms with E-state index in [2.05, 4.69) is 47.6 Å². The quantitative estimate of drug-likeness (QED) is 0.580. The average molecular weight is 278 g/mol. The van der Waals surface area contributed by atoms with Crippen LogP contribution in [0.25, 0.3) is 0 Å². The lowest BCUT2D eigenvalue weighted by Gasteiger charge is -2.23. The Labute approximate surface area is 122 Å². The first kappa shape index (κ1) is 14.9. The van der Waals surface area contributed by atoms with Crippen LogP contribution >= 0.6 is 11.8 Å². The minimum absolute atomic E-state index is 0.848. The zero-order valence-electron chi connectivity index (χ0n) is 12.0. The predicted octanol–water partition coefficient (Wildman–Crippen LogP) is 3.24. The number of thioether (sulfide) groups is 1. The number of hydrogen-bond acceptors (Lipinski definition) is 3. The van der Waals surface area contributed by atoms with Crippen LogP contribution in [0.2, 0.25) is 0 Å². The Hall–Kier alpha value is -0.510. The number of likely N-dealkylation sites (N-methyl/N-ethyl adjacent to an activating group) is 1. The van der Waals surface area contributed by atoms with Crippen LogP contribution in [0.1, 0.15) is 25.7 Å². The van der Waals surface area contributed by atoms with Gasteiger partial charge in [0.25, 0.3) is 0 Å². The molecular weight excluding hydrogens is 252 g/mol. The molecule has 0 spiro atoms. The highest BCUT2D eigenvalue weighted by atomic mass is 32.2. The summed E-state index contributed by atoms with van der Waals surface area (Å²) in [6, 6.07) is 11.5. The molecule has 19 heavy (non-hydrogen) atoms. The van der Waals surface area contributed by atoms with Crippen molar-refractivity contribution in [3.05, 3.63) is 30.3 Å². The van der Waals surface area contributed by atoms with Crippen LogP contribution in [-0.2, 0) is 0 Å². The zero-order chi connectivity index (χ0) is 13.3. The van der Waals surface area contributed by atoms with Crippen LogP contribution in [0.15, 0.2) is 35.2 Å².